The lowest BCUT2D eigenvalue weighted by Crippen LogP contribution is -2.43. The largest absolute Gasteiger partial charge is 0.377 e. The molecule has 0 spiro atoms. The van der Waals surface area contributed by atoms with E-state index in [1.54, 1.807) is 6.20 Å². The van der Waals surface area contributed by atoms with E-state index in [0.717, 1.165) is 28.0 Å². The Morgan fingerprint density at radius 1 is 1.35 bits per heavy atom. The molecule has 1 aromatic carbocycles. The molecule has 0 bridgehead atoms. The van der Waals surface area contributed by atoms with E-state index in [2.05, 4.69) is 31.1 Å². The molecule has 0 aliphatic carbocycles. The molecule has 4 heteroatoms. The lowest BCUT2D eigenvalue weighted by atomic mass is 9.90. The highest BCUT2D eigenvalue weighted by atomic mass is 35.5. The molecule has 0 amide bonds. The van der Waals surface area contributed by atoms with Gasteiger partial charge in [-0.25, -0.2) is 0 Å². The minimum absolute atomic E-state index is 0.146. The predicted molar refractivity (Wildman–Crippen MR) is 87.3 cm³/mol. The highest BCUT2D eigenvalue weighted by Crippen LogP contribution is 2.31. The number of anilines is 1. The first-order valence-electron chi connectivity index (χ1n) is 6.97. The predicted octanol–water partition coefficient (Wildman–Crippen LogP) is 4.06. The standard InChI is InChI=1S/C16H22ClN3/c1-11(2)9-16(3,10-18)20-14-7-6-13(17)12-5-4-8-19-15(12)14/h4-8,11,20H,9-10,18H2,1-3H3. The van der Waals surface area contributed by atoms with E-state index < -0.39 is 0 Å². The number of benzene rings is 1. The summed E-state index contributed by atoms with van der Waals surface area (Å²) in [6.07, 6.45) is 2.78. The van der Waals surface area contributed by atoms with Gasteiger partial charge in [-0.3, -0.25) is 4.98 Å². The van der Waals surface area contributed by atoms with Crippen molar-refractivity contribution in [2.75, 3.05) is 11.9 Å². The van der Waals surface area contributed by atoms with Crippen molar-refractivity contribution in [3.05, 3.63) is 35.5 Å². The molecule has 3 nitrogen and oxygen atoms in total. The Labute approximate surface area is 125 Å². The maximum absolute atomic E-state index is 6.23. The molecule has 0 radical (unpaired) electrons. The van der Waals surface area contributed by atoms with Crippen LogP contribution in [0.4, 0.5) is 5.69 Å². The van der Waals surface area contributed by atoms with Crippen molar-refractivity contribution in [2.24, 2.45) is 11.7 Å². The van der Waals surface area contributed by atoms with Gasteiger partial charge >= 0.3 is 0 Å². The van der Waals surface area contributed by atoms with Crippen LogP contribution in [0.3, 0.4) is 0 Å². The van der Waals surface area contributed by atoms with Gasteiger partial charge in [0.05, 0.1) is 16.2 Å². The number of halogens is 1. The van der Waals surface area contributed by atoms with Crippen molar-refractivity contribution < 1.29 is 0 Å². The van der Waals surface area contributed by atoms with E-state index in [9.17, 15) is 0 Å². The number of nitrogens with one attached hydrogen (secondary N) is 1. The molecule has 2 rings (SSSR count). The average Bonchev–Trinajstić information content (AvgIpc) is 2.41. The number of nitrogens with zero attached hydrogens (tertiary/aromatic N) is 1. The first-order valence-corrected chi connectivity index (χ1v) is 7.34. The number of rotatable bonds is 5. The fourth-order valence-electron chi connectivity index (χ4n) is 2.65. The summed E-state index contributed by atoms with van der Waals surface area (Å²) >= 11 is 6.23. The highest BCUT2D eigenvalue weighted by molar-refractivity contribution is 6.35. The Bertz CT molecular complexity index is 597. The van der Waals surface area contributed by atoms with Gasteiger partial charge in [0.15, 0.2) is 0 Å². The molecule has 0 aliphatic rings. The molecule has 20 heavy (non-hydrogen) atoms. The maximum Gasteiger partial charge on any atom is 0.0948 e. The van der Waals surface area contributed by atoms with Crippen molar-refractivity contribution in [3.8, 4) is 0 Å². The molecule has 0 saturated heterocycles. The zero-order chi connectivity index (χ0) is 14.8. The van der Waals surface area contributed by atoms with Gasteiger partial charge < -0.3 is 11.1 Å². The number of hydrogen-bond donors (Lipinski definition) is 2. The Hall–Kier alpha value is -1.32. The van der Waals surface area contributed by atoms with Gasteiger partial charge in [0, 0.05) is 23.7 Å². The van der Waals surface area contributed by atoms with Crippen LogP contribution in [0.5, 0.6) is 0 Å². The third-order valence-electron chi connectivity index (χ3n) is 3.46. The normalized spacial score (nSPS) is 14.5. The van der Waals surface area contributed by atoms with Crippen LogP contribution in [0.25, 0.3) is 10.9 Å². The van der Waals surface area contributed by atoms with Crippen LogP contribution < -0.4 is 11.1 Å². The van der Waals surface area contributed by atoms with E-state index in [1.807, 2.05) is 24.3 Å². The molecule has 3 N–H and O–H groups in total. The van der Waals surface area contributed by atoms with Gasteiger partial charge in [-0.15, -0.1) is 0 Å². The summed E-state index contributed by atoms with van der Waals surface area (Å²) in [5.74, 6) is 0.572. The van der Waals surface area contributed by atoms with Crippen molar-refractivity contribution in [3.63, 3.8) is 0 Å². The Morgan fingerprint density at radius 2 is 2.10 bits per heavy atom. The Balaban J connectivity index is 2.41. The Morgan fingerprint density at radius 3 is 2.75 bits per heavy atom. The summed E-state index contributed by atoms with van der Waals surface area (Å²) in [7, 11) is 0. The molecular weight excluding hydrogens is 270 g/mol. The molecule has 1 atom stereocenters. The van der Waals surface area contributed by atoms with Gasteiger partial charge in [-0.2, -0.15) is 0 Å². The topological polar surface area (TPSA) is 50.9 Å². The van der Waals surface area contributed by atoms with Crippen molar-refractivity contribution in [1.29, 1.82) is 0 Å². The smallest absolute Gasteiger partial charge is 0.0948 e. The summed E-state index contributed by atoms with van der Waals surface area (Å²) in [5.41, 5.74) is 7.70. The van der Waals surface area contributed by atoms with Crippen LogP contribution in [-0.4, -0.2) is 17.1 Å². The first kappa shape index (κ1) is 15.1. The van der Waals surface area contributed by atoms with Gasteiger partial charge in [0.2, 0.25) is 0 Å². The van der Waals surface area contributed by atoms with Gasteiger partial charge in [0.25, 0.3) is 0 Å². The van der Waals surface area contributed by atoms with Crippen LogP contribution in [0.1, 0.15) is 27.2 Å². The van der Waals surface area contributed by atoms with E-state index in [0.29, 0.717) is 12.5 Å². The summed E-state index contributed by atoms with van der Waals surface area (Å²) in [4.78, 5) is 4.45. The van der Waals surface area contributed by atoms with Crippen molar-refractivity contribution in [2.45, 2.75) is 32.7 Å². The molecule has 1 unspecified atom stereocenters. The minimum Gasteiger partial charge on any atom is -0.377 e. The van der Waals surface area contributed by atoms with Gasteiger partial charge in [-0.05, 0) is 43.5 Å². The van der Waals surface area contributed by atoms with Crippen molar-refractivity contribution >= 4 is 28.2 Å². The molecular formula is C16H22ClN3. The Kier molecular flexibility index (Phi) is 4.51. The number of fused-ring (bicyclic) bond motifs is 1. The second-order valence-electron chi connectivity index (χ2n) is 5.98. The molecule has 108 valence electrons. The second kappa shape index (κ2) is 5.98. The number of hydrogen-bond acceptors (Lipinski definition) is 3. The lowest BCUT2D eigenvalue weighted by molar-refractivity contribution is 0.407. The third kappa shape index (κ3) is 3.22. The first-order chi connectivity index (χ1) is 9.45. The van der Waals surface area contributed by atoms with E-state index in [-0.39, 0.29) is 5.54 Å². The summed E-state index contributed by atoms with van der Waals surface area (Å²) in [6.45, 7) is 7.13. The fraction of sp³-hybridized carbons (Fsp3) is 0.438. The molecule has 1 aromatic heterocycles. The monoisotopic (exact) mass is 291 g/mol. The van der Waals surface area contributed by atoms with E-state index in [4.69, 9.17) is 17.3 Å². The molecule has 0 fully saturated rings. The minimum atomic E-state index is -0.146. The second-order valence-corrected chi connectivity index (χ2v) is 6.39. The van der Waals surface area contributed by atoms with Crippen LogP contribution in [0, 0.1) is 5.92 Å². The lowest BCUT2D eigenvalue weighted by Gasteiger charge is -2.32. The highest BCUT2D eigenvalue weighted by Gasteiger charge is 2.24. The zero-order valence-electron chi connectivity index (χ0n) is 12.3. The molecule has 0 aliphatic heterocycles. The molecule has 2 aromatic rings. The van der Waals surface area contributed by atoms with Crippen molar-refractivity contribution in [1.82, 2.24) is 4.98 Å². The average molecular weight is 292 g/mol. The SMILES string of the molecule is CC(C)CC(C)(CN)Nc1ccc(Cl)c2cccnc12. The van der Waals surface area contributed by atoms with Gasteiger partial charge in [0.1, 0.15) is 0 Å². The van der Waals surface area contributed by atoms with Gasteiger partial charge in [-0.1, -0.05) is 25.4 Å². The quantitative estimate of drug-likeness (QED) is 0.873. The van der Waals surface area contributed by atoms with Crippen LogP contribution in [0.15, 0.2) is 30.5 Å². The van der Waals surface area contributed by atoms with Crippen LogP contribution >= 0.6 is 11.6 Å². The zero-order valence-corrected chi connectivity index (χ0v) is 13.0. The summed E-state index contributed by atoms with van der Waals surface area (Å²) in [6, 6.07) is 7.76. The van der Waals surface area contributed by atoms with Crippen LogP contribution in [0.2, 0.25) is 5.02 Å². The van der Waals surface area contributed by atoms with Crippen LogP contribution in [-0.2, 0) is 0 Å². The fourth-order valence-corrected chi connectivity index (χ4v) is 2.87. The number of aromatic nitrogens is 1. The third-order valence-corrected chi connectivity index (χ3v) is 3.79. The summed E-state index contributed by atoms with van der Waals surface area (Å²) in [5, 5.41) is 5.24. The summed E-state index contributed by atoms with van der Waals surface area (Å²) < 4.78 is 0. The van der Waals surface area contributed by atoms with E-state index >= 15 is 0 Å². The number of pyridine rings is 1. The molecule has 1 heterocycles. The van der Waals surface area contributed by atoms with E-state index in [1.165, 1.54) is 0 Å². The molecule has 0 saturated carbocycles. The number of nitrogens with two attached hydrogens (primary N) is 1. The maximum atomic E-state index is 6.23.